The van der Waals surface area contributed by atoms with Crippen LogP contribution in [0.1, 0.15) is 12.5 Å². The molecule has 0 bridgehead atoms. The van der Waals surface area contributed by atoms with Crippen LogP contribution in [0.3, 0.4) is 0 Å². The highest BCUT2D eigenvalue weighted by Crippen LogP contribution is 2.10. The fourth-order valence-electron chi connectivity index (χ4n) is 2.29. The third-order valence-electron chi connectivity index (χ3n) is 3.52. The van der Waals surface area contributed by atoms with Crippen LogP contribution in [-0.4, -0.2) is 30.5 Å². The van der Waals surface area contributed by atoms with Crippen LogP contribution in [0.15, 0.2) is 47.5 Å². The third-order valence-corrected chi connectivity index (χ3v) is 3.92. The summed E-state index contributed by atoms with van der Waals surface area (Å²) in [7, 11) is 0. The van der Waals surface area contributed by atoms with Gasteiger partial charge in [-0.3, -0.25) is 14.8 Å². The van der Waals surface area contributed by atoms with E-state index >= 15 is 0 Å². The molecular formula is C16H16BrFN6O. The molecule has 2 heterocycles. The van der Waals surface area contributed by atoms with Crippen molar-refractivity contribution in [2.45, 2.75) is 20.0 Å². The van der Waals surface area contributed by atoms with Crippen molar-refractivity contribution in [3.8, 4) is 0 Å². The molecule has 0 fully saturated rings. The Morgan fingerprint density at radius 2 is 2.24 bits per heavy atom. The van der Waals surface area contributed by atoms with Gasteiger partial charge in [-0.05, 0) is 33.6 Å². The monoisotopic (exact) mass is 406 g/mol. The Morgan fingerprint density at radius 1 is 1.40 bits per heavy atom. The van der Waals surface area contributed by atoms with Gasteiger partial charge < -0.3 is 0 Å². The highest BCUT2D eigenvalue weighted by Gasteiger charge is 2.16. The van der Waals surface area contributed by atoms with Crippen molar-refractivity contribution in [1.82, 2.24) is 24.5 Å². The molecule has 3 aromatic rings. The summed E-state index contributed by atoms with van der Waals surface area (Å²) in [4.78, 5) is 16.3. The zero-order chi connectivity index (χ0) is 17.8. The van der Waals surface area contributed by atoms with Crippen molar-refractivity contribution >= 4 is 27.8 Å². The number of rotatable bonds is 6. The smallest absolute Gasteiger partial charge is 0.248 e. The van der Waals surface area contributed by atoms with Gasteiger partial charge in [0.1, 0.15) is 12.1 Å². The van der Waals surface area contributed by atoms with E-state index in [4.69, 9.17) is 0 Å². The molecule has 0 aliphatic heterocycles. The number of nitrogens with zero attached hydrogens (tertiary/aromatic N) is 5. The second-order valence-corrected chi connectivity index (χ2v) is 6.58. The highest BCUT2D eigenvalue weighted by molar-refractivity contribution is 9.10. The van der Waals surface area contributed by atoms with Crippen LogP contribution in [0.2, 0.25) is 0 Å². The van der Waals surface area contributed by atoms with Crippen LogP contribution >= 0.6 is 15.9 Å². The SMILES string of the molecule is CC(Cn1cc(Br)cn1)C(=O)Nc1ncn(Cc2cccc(F)c2)n1. The lowest BCUT2D eigenvalue weighted by molar-refractivity contribution is -0.119. The van der Waals surface area contributed by atoms with E-state index in [1.54, 1.807) is 40.8 Å². The zero-order valence-corrected chi connectivity index (χ0v) is 15.0. The average molecular weight is 407 g/mol. The lowest BCUT2D eigenvalue weighted by atomic mass is 10.1. The van der Waals surface area contributed by atoms with E-state index in [2.05, 4.69) is 36.4 Å². The molecule has 0 saturated heterocycles. The molecule has 1 atom stereocenters. The first-order valence-corrected chi connectivity index (χ1v) is 8.41. The Kier molecular flexibility index (Phi) is 5.22. The fraction of sp³-hybridized carbons (Fsp3) is 0.250. The molecule has 3 rings (SSSR count). The number of carbonyl (C=O) groups is 1. The maximum absolute atomic E-state index is 13.2. The molecule has 1 unspecified atom stereocenters. The van der Waals surface area contributed by atoms with Crippen LogP contribution in [0.4, 0.5) is 10.3 Å². The van der Waals surface area contributed by atoms with E-state index < -0.39 is 0 Å². The maximum Gasteiger partial charge on any atom is 0.248 e. The number of aromatic nitrogens is 5. The van der Waals surface area contributed by atoms with Crippen molar-refractivity contribution in [2.75, 3.05) is 5.32 Å². The molecule has 0 aliphatic carbocycles. The van der Waals surface area contributed by atoms with Gasteiger partial charge in [0.2, 0.25) is 11.9 Å². The molecule has 0 radical (unpaired) electrons. The normalized spacial score (nSPS) is 12.1. The van der Waals surface area contributed by atoms with Crippen molar-refractivity contribution in [3.63, 3.8) is 0 Å². The summed E-state index contributed by atoms with van der Waals surface area (Å²) in [6, 6.07) is 6.26. The first-order chi connectivity index (χ1) is 12.0. The Bertz CT molecular complexity index is 877. The number of halogens is 2. The van der Waals surface area contributed by atoms with Gasteiger partial charge in [-0.1, -0.05) is 19.1 Å². The molecule has 9 heteroatoms. The van der Waals surface area contributed by atoms with Crippen LogP contribution in [0.25, 0.3) is 0 Å². The summed E-state index contributed by atoms with van der Waals surface area (Å²) in [5.41, 5.74) is 0.764. The van der Waals surface area contributed by atoms with Gasteiger partial charge in [-0.25, -0.2) is 14.1 Å². The Balaban J connectivity index is 1.57. The lowest BCUT2D eigenvalue weighted by Crippen LogP contribution is -2.25. The molecule has 2 aromatic heterocycles. The zero-order valence-electron chi connectivity index (χ0n) is 13.4. The molecule has 0 spiro atoms. The topological polar surface area (TPSA) is 77.6 Å². The molecular weight excluding hydrogens is 391 g/mol. The molecule has 1 aromatic carbocycles. The van der Waals surface area contributed by atoms with E-state index in [1.807, 2.05) is 0 Å². The molecule has 130 valence electrons. The van der Waals surface area contributed by atoms with Crippen molar-refractivity contribution < 1.29 is 9.18 Å². The first kappa shape index (κ1) is 17.3. The van der Waals surface area contributed by atoms with E-state index in [0.717, 1.165) is 10.0 Å². The van der Waals surface area contributed by atoms with Gasteiger partial charge in [-0.2, -0.15) is 5.10 Å². The van der Waals surface area contributed by atoms with Gasteiger partial charge in [0.25, 0.3) is 0 Å². The average Bonchev–Trinajstić information content (AvgIpc) is 3.16. The number of anilines is 1. The molecule has 0 aliphatic rings. The van der Waals surface area contributed by atoms with Gasteiger partial charge in [0.05, 0.1) is 29.7 Å². The summed E-state index contributed by atoms with van der Waals surface area (Å²) in [6.07, 6.45) is 4.96. The van der Waals surface area contributed by atoms with Crippen LogP contribution in [0, 0.1) is 11.7 Å². The predicted octanol–water partition coefficient (Wildman–Crippen LogP) is 2.70. The number of carbonyl (C=O) groups excluding carboxylic acids is 1. The number of hydrogen-bond donors (Lipinski definition) is 1. The minimum absolute atomic E-state index is 0.199. The van der Waals surface area contributed by atoms with Crippen LogP contribution in [0.5, 0.6) is 0 Å². The third kappa shape index (κ3) is 4.72. The summed E-state index contributed by atoms with van der Waals surface area (Å²) in [5.74, 6) is -0.586. The minimum atomic E-state index is -0.304. The van der Waals surface area contributed by atoms with E-state index in [-0.39, 0.29) is 23.6 Å². The minimum Gasteiger partial charge on any atom is -0.293 e. The van der Waals surface area contributed by atoms with E-state index in [0.29, 0.717) is 13.1 Å². The molecule has 0 saturated carbocycles. The Morgan fingerprint density at radius 3 is 2.96 bits per heavy atom. The van der Waals surface area contributed by atoms with E-state index in [1.165, 1.54) is 18.5 Å². The molecule has 1 N–H and O–H groups in total. The molecule has 7 nitrogen and oxygen atoms in total. The van der Waals surface area contributed by atoms with Crippen LogP contribution < -0.4 is 5.32 Å². The summed E-state index contributed by atoms with van der Waals surface area (Å²) in [5, 5.41) is 11.0. The summed E-state index contributed by atoms with van der Waals surface area (Å²) >= 11 is 3.32. The highest BCUT2D eigenvalue weighted by atomic mass is 79.9. The van der Waals surface area contributed by atoms with Crippen molar-refractivity contribution in [2.24, 2.45) is 5.92 Å². The summed E-state index contributed by atoms with van der Waals surface area (Å²) in [6.45, 7) is 2.62. The second kappa shape index (κ2) is 7.56. The van der Waals surface area contributed by atoms with Gasteiger partial charge in [0.15, 0.2) is 0 Å². The quantitative estimate of drug-likeness (QED) is 0.682. The van der Waals surface area contributed by atoms with Gasteiger partial charge in [-0.15, -0.1) is 5.10 Å². The number of nitrogens with one attached hydrogen (secondary N) is 1. The second-order valence-electron chi connectivity index (χ2n) is 5.67. The molecule has 25 heavy (non-hydrogen) atoms. The standard InChI is InChI=1S/C16H16BrFN6O/c1-11(7-23-9-13(17)6-20-23)15(25)21-16-19-10-24(22-16)8-12-3-2-4-14(18)5-12/h2-6,9-11H,7-8H2,1H3,(H,21,22,25). The first-order valence-electron chi connectivity index (χ1n) is 7.62. The number of hydrogen-bond acceptors (Lipinski definition) is 4. The largest absolute Gasteiger partial charge is 0.293 e. The predicted molar refractivity (Wildman–Crippen MR) is 93.2 cm³/mol. The molecule has 1 amide bonds. The van der Waals surface area contributed by atoms with Gasteiger partial charge >= 0.3 is 0 Å². The lowest BCUT2D eigenvalue weighted by Gasteiger charge is -2.10. The van der Waals surface area contributed by atoms with Crippen LogP contribution in [-0.2, 0) is 17.9 Å². The number of benzene rings is 1. The Labute approximate surface area is 152 Å². The Hall–Kier alpha value is -2.55. The summed E-state index contributed by atoms with van der Waals surface area (Å²) < 4.78 is 17.3. The fourth-order valence-corrected chi connectivity index (χ4v) is 2.61. The maximum atomic E-state index is 13.2. The van der Waals surface area contributed by atoms with E-state index in [9.17, 15) is 9.18 Å². The van der Waals surface area contributed by atoms with Gasteiger partial charge in [0, 0.05) is 6.20 Å². The van der Waals surface area contributed by atoms with Crippen molar-refractivity contribution in [3.05, 3.63) is 58.8 Å². The van der Waals surface area contributed by atoms with Crippen molar-refractivity contribution in [1.29, 1.82) is 0 Å². The number of amides is 1.